The molecule has 7 heteroatoms. The molecule has 1 aliphatic rings. The molecule has 1 aliphatic heterocycles. The van der Waals surface area contributed by atoms with Gasteiger partial charge in [0.05, 0.1) is 6.54 Å². The number of carbonyl (C=O) groups is 2. The number of likely N-dealkylation sites (tertiary alicyclic amines) is 1. The molecule has 0 aliphatic carbocycles. The van der Waals surface area contributed by atoms with Gasteiger partial charge in [0.25, 0.3) is 0 Å². The Morgan fingerprint density at radius 1 is 1.45 bits per heavy atom. The Hall–Kier alpha value is -1.40. The molecule has 0 radical (unpaired) electrons. The van der Waals surface area contributed by atoms with Crippen molar-refractivity contribution in [3.05, 3.63) is 29.3 Å². The van der Waals surface area contributed by atoms with E-state index in [2.05, 4.69) is 12.6 Å². The number of carbonyl (C=O) groups excluding carboxylic acids is 1. The van der Waals surface area contributed by atoms with Gasteiger partial charge in [0, 0.05) is 23.1 Å². The number of hydrogen-bond acceptors (Lipinski definition) is 4. The third-order valence-electron chi connectivity index (χ3n) is 3.64. The number of aliphatic carboxylic acids is 1. The number of carboxylic acids is 1. The van der Waals surface area contributed by atoms with Gasteiger partial charge in [-0.05, 0) is 24.3 Å². The van der Waals surface area contributed by atoms with Crippen LogP contribution in [0.3, 0.4) is 0 Å². The topological polar surface area (TPSA) is 66.8 Å². The van der Waals surface area contributed by atoms with E-state index in [9.17, 15) is 14.7 Å². The minimum Gasteiger partial charge on any atom is -0.488 e. The molecule has 0 saturated carbocycles. The van der Waals surface area contributed by atoms with Crippen LogP contribution in [0.25, 0.3) is 0 Å². The number of benzene rings is 1. The van der Waals surface area contributed by atoms with Gasteiger partial charge in [-0.3, -0.25) is 4.79 Å². The highest BCUT2D eigenvalue weighted by Crippen LogP contribution is 2.26. The maximum atomic E-state index is 12.3. The van der Waals surface area contributed by atoms with Crippen LogP contribution < -0.4 is 4.74 Å². The second-order valence-electron chi connectivity index (χ2n) is 5.36. The van der Waals surface area contributed by atoms with Crippen molar-refractivity contribution in [1.29, 1.82) is 0 Å². The summed E-state index contributed by atoms with van der Waals surface area (Å²) in [6, 6.07) is 5.99. The summed E-state index contributed by atoms with van der Waals surface area (Å²) in [6.45, 7) is 2.00. The van der Waals surface area contributed by atoms with Crippen molar-refractivity contribution >= 4 is 36.1 Å². The van der Waals surface area contributed by atoms with Crippen molar-refractivity contribution in [2.45, 2.75) is 25.5 Å². The maximum Gasteiger partial charge on any atom is 0.326 e. The fraction of sp³-hybridized carbons (Fsp3) is 0.467. The summed E-state index contributed by atoms with van der Waals surface area (Å²) < 4.78 is 5.77. The molecule has 0 bridgehead atoms. The standard InChI is InChI=1S/C15H18ClNO4S/c1-9(8-22)14(18)17-7-12(6-13(17)15(19)20)21-11-4-2-10(16)3-5-11/h2-5,9,12-13,22H,6-8H2,1H3,(H,19,20)/t9?,12?,13-/m0/s1. The molecular weight excluding hydrogens is 326 g/mol. The predicted molar refractivity (Wildman–Crippen MR) is 86.6 cm³/mol. The summed E-state index contributed by atoms with van der Waals surface area (Å²) >= 11 is 9.92. The Kier molecular flexibility index (Phi) is 5.58. The van der Waals surface area contributed by atoms with Crippen LogP contribution in [0.1, 0.15) is 13.3 Å². The number of ether oxygens (including phenoxy) is 1. The average Bonchev–Trinajstić information content (AvgIpc) is 2.92. The molecule has 22 heavy (non-hydrogen) atoms. The van der Waals surface area contributed by atoms with E-state index in [4.69, 9.17) is 16.3 Å². The Labute approximate surface area is 139 Å². The van der Waals surface area contributed by atoms with Crippen molar-refractivity contribution in [3.63, 3.8) is 0 Å². The van der Waals surface area contributed by atoms with Crippen LogP contribution in [0.2, 0.25) is 5.02 Å². The Morgan fingerprint density at radius 2 is 2.09 bits per heavy atom. The van der Waals surface area contributed by atoms with E-state index in [1.807, 2.05) is 0 Å². The van der Waals surface area contributed by atoms with Crippen LogP contribution in [-0.4, -0.2) is 46.3 Å². The van der Waals surface area contributed by atoms with Gasteiger partial charge in [0.1, 0.15) is 17.9 Å². The van der Waals surface area contributed by atoms with Gasteiger partial charge >= 0.3 is 5.97 Å². The number of halogens is 1. The molecular formula is C15H18ClNO4S. The summed E-state index contributed by atoms with van der Waals surface area (Å²) in [4.78, 5) is 25.0. The first-order chi connectivity index (χ1) is 10.4. The minimum absolute atomic E-state index is 0.204. The SMILES string of the molecule is CC(CS)C(=O)N1CC(Oc2ccc(Cl)cc2)C[C@H]1C(=O)O. The lowest BCUT2D eigenvalue weighted by molar-refractivity contribution is -0.149. The van der Waals surface area contributed by atoms with E-state index >= 15 is 0 Å². The second kappa shape index (κ2) is 7.24. The first-order valence-corrected chi connectivity index (χ1v) is 7.99. The van der Waals surface area contributed by atoms with Crippen molar-refractivity contribution in [2.75, 3.05) is 12.3 Å². The number of amides is 1. The zero-order valence-corrected chi connectivity index (χ0v) is 13.8. The first kappa shape index (κ1) is 17.0. The first-order valence-electron chi connectivity index (χ1n) is 6.98. The van der Waals surface area contributed by atoms with Gasteiger partial charge in [-0.25, -0.2) is 4.79 Å². The normalized spacial score (nSPS) is 22.4. The molecule has 3 atom stereocenters. The van der Waals surface area contributed by atoms with E-state index in [0.717, 1.165) is 0 Å². The number of carboxylic acid groups (broad SMARTS) is 1. The maximum absolute atomic E-state index is 12.3. The van der Waals surface area contributed by atoms with E-state index in [0.29, 0.717) is 16.5 Å². The Morgan fingerprint density at radius 3 is 2.64 bits per heavy atom. The molecule has 1 N–H and O–H groups in total. The van der Waals surface area contributed by atoms with E-state index in [-0.39, 0.29) is 30.9 Å². The predicted octanol–water partition coefficient (Wildman–Crippen LogP) is 2.34. The molecule has 0 aromatic heterocycles. The molecule has 2 unspecified atom stereocenters. The molecule has 2 rings (SSSR count). The van der Waals surface area contributed by atoms with Gasteiger partial charge in [-0.1, -0.05) is 18.5 Å². The lowest BCUT2D eigenvalue weighted by atomic mass is 10.1. The molecule has 1 aromatic carbocycles. The van der Waals surface area contributed by atoms with Crippen LogP contribution in [-0.2, 0) is 9.59 Å². The molecule has 1 amide bonds. The average molecular weight is 344 g/mol. The highest BCUT2D eigenvalue weighted by molar-refractivity contribution is 7.80. The van der Waals surface area contributed by atoms with Gasteiger partial charge in [-0.15, -0.1) is 0 Å². The number of thiol groups is 1. The lowest BCUT2D eigenvalue weighted by Gasteiger charge is -2.24. The largest absolute Gasteiger partial charge is 0.488 e. The third-order valence-corrected chi connectivity index (χ3v) is 4.44. The third kappa shape index (κ3) is 3.87. The summed E-state index contributed by atoms with van der Waals surface area (Å²) in [5.74, 6) is -0.550. The highest BCUT2D eigenvalue weighted by Gasteiger charge is 2.41. The molecule has 1 aromatic rings. The molecule has 5 nitrogen and oxygen atoms in total. The summed E-state index contributed by atoms with van der Waals surface area (Å²) in [5, 5.41) is 9.92. The highest BCUT2D eigenvalue weighted by atomic mass is 35.5. The van der Waals surface area contributed by atoms with Crippen LogP contribution in [0.5, 0.6) is 5.75 Å². The van der Waals surface area contributed by atoms with Crippen molar-refractivity contribution < 1.29 is 19.4 Å². The second-order valence-corrected chi connectivity index (χ2v) is 6.16. The van der Waals surface area contributed by atoms with Crippen LogP contribution in [0.4, 0.5) is 0 Å². The smallest absolute Gasteiger partial charge is 0.326 e. The molecule has 0 spiro atoms. The quantitative estimate of drug-likeness (QED) is 0.805. The summed E-state index contributed by atoms with van der Waals surface area (Å²) in [6.07, 6.45) is -0.0819. The fourth-order valence-corrected chi connectivity index (χ4v) is 2.71. The molecule has 1 saturated heterocycles. The number of nitrogens with zero attached hydrogens (tertiary/aromatic N) is 1. The zero-order valence-electron chi connectivity index (χ0n) is 12.1. The van der Waals surface area contributed by atoms with E-state index in [1.54, 1.807) is 31.2 Å². The monoisotopic (exact) mass is 343 g/mol. The van der Waals surface area contributed by atoms with Crippen LogP contribution >= 0.6 is 24.2 Å². The Bertz CT molecular complexity index is 551. The van der Waals surface area contributed by atoms with Gasteiger partial charge in [0.2, 0.25) is 5.91 Å². The van der Waals surface area contributed by atoms with Gasteiger partial charge < -0.3 is 14.7 Å². The summed E-state index contributed by atoms with van der Waals surface area (Å²) in [5.41, 5.74) is 0. The number of rotatable bonds is 5. The molecule has 1 heterocycles. The zero-order chi connectivity index (χ0) is 16.3. The van der Waals surface area contributed by atoms with Crippen molar-refractivity contribution in [2.24, 2.45) is 5.92 Å². The van der Waals surface area contributed by atoms with Crippen molar-refractivity contribution in [1.82, 2.24) is 4.90 Å². The van der Waals surface area contributed by atoms with Crippen LogP contribution in [0, 0.1) is 5.92 Å². The Balaban J connectivity index is 2.08. The number of hydrogen-bond donors (Lipinski definition) is 2. The fourth-order valence-electron chi connectivity index (χ4n) is 2.43. The molecule has 1 fully saturated rings. The van der Waals surface area contributed by atoms with Gasteiger partial charge in [-0.2, -0.15) is 12.6 Å². The van der Waals surface area contributed by atoms with E-state index < -0.39 is 12.0 Å². The lowest BCUT2D eigenvalue weighted by Crippen LogP contribution is -2.43. The van der Waals surface area contributed by atoms with Crippen molar-refractivity contribution in [3.8, 4) is 5.75 Å². The molecule has 120 valence electrons. The van der Waals surface area contributed by atoms with E-state index in [1.165, 1.54) is 4.90 Å². The summed E-state index contributed by atoms with van der Waals surface area (Å²) in [7, 11) is 0. The van der Waals surface area contributed by atoms with Gasteiger partial charge in [0.15, 0.2) is 0 Å². The minimum atomic E-state index is -1.01. The van der Waals surface area contributed by atoms with Crippen LogP contribution in [0.15, 0.2) is 24.3 Å².